The fourth-order valence-corrected chi connectivity index (χ4v) is 3.03. The molecule has 3 rings (SSSR count). The third kappa shape index (κ3) is 3.56. The monoisotopic (exact) mass is 369 g/mol. The molecule has 0 aliphatic heterocycles. The Bertz CT molecular complexity index is 976. The van der Waals surface area contributed by atoms with Gasteiger partial charge < -0.3 is 23.5 Å². The number of rotatable bonds is 6. The van der Waals surface area contributed by atoms with Crippen LogP contribution in [0, 0.1) is 6.92 Å². The van der Waals surface area contributed by atoms with Crippen molar-refractivity contribution in [2.75, 3.05) is 28.4 Å². The number of carbonyl (C=O) groups excluding carboxylic acids is 1. The van der Waals surface area contributed by atoms with E-state index in [9.17, 15) is 4.79 Å². The molecule has 0 saturated heterocycles. The van der Waals surface area contributed by atoms with E-state index in [-0.39, 0.29) is 5.91 Å². The molecule has 2 aromatic carbocycles. The standard InChI is InChI=1S/C21H23NO5/c1-13-16-8-7-15(24-3)11-18(16)27-20(13)21(23)22(2)12-14-6-9-17(25-4)19(10-14)26-5/h6-11H,12H2,1-5H3. The number of carbonyl (C=O) groups is 1. The van der Waals surface area contributed by atoms with Gasteiger partial charge in [0.1, 0.15) is 11.3 Å². The van der Waals surface area contributed by atoms with E-state index in [1.54, 1.807) is 39.3 Å². The normalized spacial score (nSPS) is 10.7. The van der Waals surface area contributed by atoms with Gasteiger partial charge in [-0.2, -0.15) is 0 Å². The Morgan fingerprint density at radius 2 is 1.74 bits per heavy atom. The minimum atomic E-state index is -0.183. The largest absolute Gasteiger partial charge is 0.497 e. The van der Waals surface area contributed by atoms with Crippen LogP contribution in [0.1, 0.15) is 21.7 Å². The minimum Gasteiger partial charge on any atom is -0.497 e. The Balaban J connectivity index is 1.85. The first-order chi connectivity index (χ1) is 13.0. The number of furan rings is 1. The van der Waals surface area contributed by atoms with Crippen LogP contribution in [-0.2, 0) is 6.54 Å². The van der Waals surface area contributed by atoms with E-state index < -0.39 is 0 Å². The van der Waals surface area contributed by atoms with Crippen molar-refractivity contribution < 1.29 is 23.4 Å². The predicted molar refractivity (Wildman–Crippen MR) is 103 cm³/mol. The van der Waals surface area contributed by atoms with E-state index in [1.807, 2.05) is 37.3 Å². The van der Waals surface area contributed by atoms with Crippen molar-refractivity contribution >= 4 is 16.9 Å². The van der Waals surface area contributed by atoms with Gasteiger partial charge in [0.25, 0.3) is 5.91 Å². The molecule has 0 N–H and O–H groups in total. The predicted octanol–water partition coefficient (Wildman–Crippen LogP) is 4.04. The van der Waals surface area contributed by atoms with Crippen molar-refractivity contribution in [3.05, 3.63) is 53.3 Å². The average molecular weight is 369 g/mol. The SMILES string of the molecule is COc1ccc2c(C)c(C(=O)N(C)Cc3ccc(OC)c(OC)c3)oc2c1. The minimum absolute atomic E-state index is 0.183. The molecule has 1 amide bonds. The Morgan fingerprint density at radius 1 is 1.00 bits per heavy atom. The molecule has 0 spiro atoms. The lowest BCUT2D eigenvalue weighted by Gasteiger charge is -2.17. The van der Waals surface area contributed by atoms with Crippen molar-refractivity contribution in [3.63, 3.8) is 0 Å². The third-order valence-electron chi connectivity index (χ3n) is 4.55. The number of fused-ring (bicyclic) bond motifs is 1. The fraction of sp³-hybridized carbons (Fsp3) is 0.286. The van der Waals surface area contributed by atoms with E-state index >= 15 is 0 Å². The number of hydrogen-bond acceptors (Lipinski definition) is 5. The van der Waals surface area contributed by atoms with Gasteiger partial charge in [-0.05, 0) is 36.8 Å². The Hall–Kier alpha value is -3.15. The summed E-state index contributed by atoms with van der Waals surface area (Å²) in [5, 5.41) is 0.902. The van der Waals surface area contributed by atoms with Crippen molar-refractivity contribution in [1.29, 1.82) is 0 Å². The number of nitrogens with zero attached hydrogens (tertiary/aromatic N) is 1. The molecular weight excluding hydrogens is 346 g/mol. The molecular formula is C21H23NO5. The quantitative estimate of drug-likeness (QED) is 0.656. The summed E-state index contributed by atoms with van der Waals surface area (Å²) in [5.41, 5.74) is 2.38. The number of ether oxygens (including phenoxy) is 3. The van der Waals surface area contributed by atoms with Gasteiger partial charge in [0.15, 0.2) is 17.3 Å². The molecule has 0 bridgehead atoms. The first kappa shape index (κ1) is 18.6. The molecule has 27 heavy (non-hydrogen) atoms. The number of benzene rings is 2. The molecule has 1 heterocycles. The van der Waals surface area contributed by atoms with Crippen LogP contribution in [-0.4, -0.2) is 39.2 Å². The van der Waals surface area contributed by atoms with Crippen LogP contribution in [0.3, 0.4) is 0 Å². The van der Waals surface area contributed by atoms with Crippen LogP contribution in [0.4, 0.5) is 0 Å². The summed E-state index contributed by atoms with van der Waals surface area (Å²) in [7, 11) is 6.52. The zero-order valence-corrected chi connectivity index (χ0v) is 16.2. The number of amides is 1. The first-order valence-corrected chi connectivity index (χ1v) is 8.52. The van der Waals surface area contributed by atoms with Crippen LogP contribution >= 0.6 is 0 Å². The fourth-order valence-electron chi connectivity index (χ4n) is 3.03. The lowest BCUT2D eigenvalue weighted by molar-refractivity contribution is 0.0754. The van der Waals surface area contributed by atoms with Gasteiger partial charge in [-0.25, -0.2) is 0 Å². The molecule has 0 atom stereocenters. The van der Waals surface area contributed by atoms with Gasteiger partial charge in [-0.3, -0.25) is 4.79 Å². The lowest BCUT2D eigenvalue weighted by atomic mass is 10.1. The van der Waals surface area contributed by atoms with Gasteiger partial charge in [0.05, 0.1) is 21.3 Å². The van der Waals surface area contributed by atoms with Crippen molar-refractivity contribution in [1.82, 2.24) is 4.90 Å². The van der Waals surface area contributed by atoms with E-state index in [0.29, 0.717) is 35.1 Å². The van der Waals surface area contributed by atoms with E-state index in [1.165, 1.54) is 0 Å². The smallest absolute Gasteiger partial charge is 0.289 e. The molecule has 0 aliphatic rings. The maximum atomic E-state index is 12.9. The zero-order chi connectivity index (χ0) is 19.6. The molecule has 142 valence electrons. The Morgan fingerprint density at radius 3 is 2.41 bits per heavy atom. The highest BCUT2D eigenvalue weighted by Crippen LogP contribution is 2.30. The van der Waals surface area contributed by atoms with Gasteiger partial charge >= 0.3 is 0 Å². The summed E-state index contributed by atoms with van der Waals surface area (Å²) < 4.78 is 21.6. The molecule has 0 fully saturated rings. The zero-order valence-electron chi connectivity index (χ0n) is 16.2. The lowest BCUT2D eigenvalue weighted by Crippen LogP contribution is -2.26. The number of methoxy groups -OCH3 is 3. The van der Waals surface area contributed by atoms with Crippen LogP contribution < -0.4 is 14.2 Å². The Kier molecular flexibility index (Phi) is 5.26. The van der Waals surface area contributed by atoms with Crippen molar-refractivity contribution in [2.45, 2.75) is 13.5 Å². The van der Waals surface area contributed by atoms with Crippen LogP contribution in [0.5, 0.6) is 17.2 Å². The average Bonchev–Trinajstić information content (AvgIpc) is 3.02. The summed E-state index contributed by atoms with van der Waals surface area (Å²) in [6.07, 6.45) is 0. The summed E-state index contributed by atoms with van der Waals surface area (Å²) in [4.78, 5) is 14.5. The number of hydrogen-bond donors (Lipinski definition) is 0. The molecule has 0 unspecified atom stereocenters. The number of aryl methyl sites for hydroxylation is 1. The topological polar surface area (TPSA) is 61.1 Å². The molecule has 1 aromatic heterocycles. The van der Waals surface area contributed by atoms with Gasteiger partial charge in [-0.1, -0.05) is 6.07 Å². The van der Waals surface area contributed by atoms with Gasteiger partial charge in [0, 0.05) is 30.6 Å². The van der Waals surface area contributed by atoms with Gasteiger partial charge in [-0.15, -0.1) is 0 Å². The summed E-state index contributed by atoms with van der Waals surface area (Å²) in [6.45, 7) is 2.30. The second-order valence-corrected chi connectivity index (χ2v) is 6.27. The van der Waals surface area contributed by atoms with Gasteiger partial charge in [0.2, 0.25) is 0 Å². The molecule has 3 aromatic rings. The molecule has 6 heteroatoms. The van der Waals surface area contributed by atoms with E-state index in [2.05, 4.69) is 0 Å². The van der Waals surface area contributed by atoms with Crippen molar-refractivity contribution in [3.8, 4) is 17.2 Å². The third-order valence-corrected chi connectivity index (χ3v) is 4.55. The van der Waals surface area contributed by atoms with E-state index in [4.69, 9.17) is 18.6 Å². The molecule has 0 radical (unpaired) electrons. The summed E-state index contributed by atoms with van der Waals surface area (Å²) in [5.74, 6) is 2.12. The Labute approximate surface area is 158 Å². The summed E-state index contributed by atoms with van der Waals surface area (Å²) >= 11 is 0. The highest BCUT2D eigenvalue weighted by atomic mass is 16.5. The second-order valence-electron chi connectivity index (χ2n) is 6.27. The maximum absolute atomic E-state index is 12.9. The molecule has 0 aliphatic carbocycles. The summed E-state index contributed by atoms with van der Waals surface area (Å²) in [6, 6.07) is 11.1. The highest BCUT2D eigenvalue weighted by molar-refractivity contribution is 5.99. The molecule has 0 saturated carbocycles. The van der Waals surface area contributed by atoms with E-state index in [0.717, 1.165) is 16.5 Å². The molecule has 6 nitrogen and oxygen atoms in total. The first-order valence-electron chi connectivity index (χ1n) is 8.52. The maximum Gasteiger partial charge on any atom is 0.289 e. The van der Waals surface area contributed by atoms with Crippen LogP contribution in [0.25, 0.3) is 11.0 Å². The van der Waals surface area contributed by atoms with Crippen LogP contribution in [0.2, 0.25) is 0 Å². The second kappa shape index (κ2) is 7.61. The van der Waals surface area contributed by atoms with Crippen LogP contribution in [0.15, 0.2) is 40.8 Å². The van der Waals surface area contributed by atoms with Crippen molar-refractivity contribution in [2.24, 2.45) is 0 Å². The highest BCUT2D eigenvalue weighted by Gasteiger charge is 2.21.